The number of nitrogens with two attached hydrogens (primary N) is 1. The first-order valence-corrected chi connectivity index (χ1v) is 23.4. The van der Waals surface area contributed by atoms with E-state index in [0.29, 0.717) is 12.8 Å². The minimum atomic E-state index is -1.71. The Hall–Kier alpha value is -5.91. The zero-order chi connectivity index (χ0) is 53.7. The highest BCUT2D eigenvalue weighted by molar-refractivity contribution is 5.99. The third kappa shape index (κ3) is 22.4. The third-order valence-electron chi connectivity index (χ3n) is 11.3. The SMILES string of the molecule is CC[C@H](C)[C@H](NC(=O)CNC(=O)[C@H](C)NC(=O)[C@H](CC(C)C)NC(=O)[C@H](N)CC(=O)O)C(=O)NCC(=O)N[C@H](C(=O)N[C@](C)(CC(C)C)C(=O)N[C@H](C(=O)N[C@H](C(=O)O)C(C)C)[C@@H](C)O)[C@@H](C)CC. The first kappa shape index (κ1) is 63.1. The molecule has 0 rings (SSSR count). The van der Waals surface area contributed by atoms with Crippen LogP contribution in [0.4, 0.5) is 0 Å². The Labute approximate surface area is 404 Å². The maximum absolute atomic E-state index is 14.0. The summed E-state index contributed by atoms with van der Waals surface area (Å²) in [4.78, 5) is 142. The molecule has 0 radical (unpaired) electrons. The van der Waals surface area contributed by atoms with Crippen molar-refractivity contribution in [2.45, 2.75) is 176 Å². The minimum Gasteiger partial charge on any atom is -0.481 e. The maximum atomic E-state index is 14.0. The number of amides is 9. The predicted molar refractivity (Wildman–Crippen MR) is 252 cm³/mol. The fourth-order valence-electron chi connectivity index (χ4n) is 6.92. The fraction of sp³-hybridized carbons (Fsp3) is 0.756. The molecule has 0 aromatic heterocycles. The molecule has 0 unspecified atom stereocenters. The predicted octanol–water partition coefficient (Wildman–Crippen LogP) is -1.87. The lowest BCUT2D eigenvalue weighted by Gasteiger charge is -2.35. The molecule has 0 aromatic rings. The molecule has 0 bridgehead atoms. The van der Waals surface area contributed by atoms with Crippen molar-refractivity contribution in [3.05, 3.63) is 0 Å². The molecule has 24 heteroatoms. The van der Waals surface area contributed by atoms with Crippen LogP contribution in [-0.2, 0) is 52.7 Å². The van der Waals surface area contributed by atoms with E-state index < -0.39 is 156 Å². The first-order chi connectivity index (χ1) is 31.8. The monoisotopic (exact) mass is 985 g/mol. The molecule has 0 spiro atoms. The molecular weight excluding hydrogens is 905 g/mol. The van der Waals surface area contributed by atoms with Crippen LogP contribution in [0.15, 0.2) is 0 Å². The maximum Gasteiger partial charge on any atom is 0.326 e. The molecule has 69 heavy (non-hydrogen) atoms. The quantitative estimate of drug-likeness (QED) is 0.0362. The van der Waals surface area contributed by atoms with E-state index in [4.69, 9.17) is 10.8 Å². The first-order valence-electron chi connectivity index (χ1n) is 23.4. The van der Waals surface area contributed by atoms with E-state index in [1.54, 1.807) is 69.2 Å². The Morgan fingerprint density at radius 1 is 0.551 bits per heavy atom. The van der Waals surface area contributed by atoms with Crippen molar-refractivity contribution in [3.63, 3.8) is 0 Å². The molecule has 0 aromatic carbocycles. The second-order valence-corrected chi connectivity index (χ2v) is 19.1. The van der Waals surface area contributed by atoms with Gasteiger partial charge in [0.1, 0.15) is 41.8 Å². The van der Waals surface area contributed by atoms with E-state index in [1.807, 2.05) is 0 Å². The molecule has 0 saturated carbocycles. The van der Waals surface area contributed by atoms with Crippen molar-refractivity contribution in [1.82, 2.24) is 47.9 Å². The van der Waals surface area contributed by atoms with Crippen molar-refractivity contribution < 1.29 is 68.1 Å². The summed E-state index contributed by atoms with van der Waals surface area (Å²) in [6.45, 7) is 19.9. The van der Waals surface area contributed by atoms with Gasteiger partial charge in [0.15, 0.2) is 0 Å². The van der Waals surface area contributed by atoms with E-state index in [-0.39, 0.29) is 24.7 Å². The number of hydrogen-bond acceptors (Lipinski definition) is 13. The van der Waals surface area contributed by atoms with Gasteiger partial charge in [-0.3, -0.25) is 47.9 Å². The topological polar surface area (TPSA) is 383 Å². The van der Waals surface area contributed by atoms with Crippen molar-refractivity contribution in [3.8, 4) is 0 Å². The van der Waals surface area contributed by atoms with Crippen LogP contribution in [0, 0.1) is 29.6 Å². The van der Waals surface area contributed by atoms with E-state index in [2.05, 4.69) is 47.9 Å². The molecular formula is C45H80N10O14. The molecule has 9 amide bonds. The van der Waals surface area contributed by atoms with Crippen LogP contribution in [-0.4, -0.2) is 147 Å². The molecule has 0 aliphatic heterocycles. The lowest BCUT2D eigenvalue weighted by Crippen LogP contribution is -2.66. The van der Waals surface area contributed by atoms with E-state index in [1.165, 1.54) is 20.8 Å². The summed E-state index contributed by atoms with van der Waals surface area (Å²) in [7, 11) is 0. The zero-order valence-corrected chi connectivity index (χ0v) is 42.4. The molecule has 394 valence electrons. The summed E-state index contributed by atoms with van der Waals surface area (Å²) in [5.74, 6) is -11.8. The van der Waals surface area contributed by atoms with Gasteiger partial charge in [0.2, 0.25) is 53.2 Å². The van der Waals surface area contributed by atoms with Gasteiger partial charge < -0.3 is 68.9 Å². The molecule has 24 nitrogen and oxygen atoms in total. The summed E-state index contributed by atoms with van der Waals surface area (Å²) in [5.41, 5.74) is 3.92. The number of carboxylic acid groups (broad SMARTS) is 2. The van der Waals surface area contributed by atoms with Gasteiger partial charge in [0.25, 0.3) is 0 Å². The molecule has 0 fully saturated rings. The Bertz CT molecular complexity index is 1810. The summed E-state index contributed by atoms with van der Waals surface area (Å²) in [5, 5.41) is 51.3. The Balaban J connectivity index is 5.88. The highest BCUT2D eigenvalue weighted by Crippen LogP contribution is 2.20. The van der Waals surface area contributed by atoms with Gasteiger partial charge in [-0.15, -0.1) is 0 Å². The fourth-order valence-corrected chi connectivity index (χ4v) is 6.92. The van der Waals surface area contributed by atoms with E-state index >= 15 is 0 Å². The summed E-state index contributed by atoms with van der Waals surface area (Å²) < 4.78 is 0. The smallest absolute Gasteiger partial charge is 0.326 e. The van der Waals surface area contributed by atoms with Crippen LogP contribution in [0.5, 0.6) is 0 Å². The Morgan fingerprint density at radius 3 is 1.46 bits per heavy atom. The number of aliphatic hydroxyl groups excluding tert-OH is 1. The number of rotatable bonds is 31. The molecule has 0 aliphatic carbocycles. The highest BCUT2D eigenvalue weighted by atomic mass is 16.4. The van der Waals surface area contributed by atoms with Crippen molar-refractivity contribution in [2.75, 3.05) is 13.1 Å². The molecule has 0 aliphatic rings. The van der Waals surface area contributed by atoms with Gasteiger partial charge in [0, 0.05) is 0 Å². The largest absolute Gasteiger partial charge is 0.481 e. The molecule has 14 N–H and O–H groups in total. The Morgan fingerprint density at radius 2 is 1.04 bits per heavy atom. The van der Waals surface area contributed by atoms with Crippen LogP contribution < -0.4 is 53.6 Å². The van der Waals surface area contributed by atoms with Gasteiger partial charge in [-0.2, -0.15) is 0 Å². The van der Waals surface area contributed by atoms with E-state index in [9.17, 15) is 63.0 Å². The normalized spacial score (nSPS) is 16.6. The van der Waals surface area contributed by atoms with Crippen LogP contribution in [0.1, 0.15) is 122 Å². The van der Waals surface area contributed by atoms with E-state index in [0.717, 1.165) is 0 Å². The van der Waals surface area contributed by atoms with Gasteiger partial charge >= 0.3 is 11.9 Å². The molecule has 0 heterocycles. The van der Waals surface area contributed by atoms with Gasteiger partial charge in [-0.05, 0) is 63.2 Å². The van der Waals surface area contributed by atoms with Crippen LogP contribution in [0.25, 0.3) is 0 Å². The summed E-state index contributed by atoms with van der Waals surface area (Å²) >= 11 is 0. The molecule has 0 saturated heterocycles. The summed E-state index contributed by atoms with van der Waals surface area (Å²) in [6.07, 6.45) is -1.18. The summed E-state index contributed by atoms with van der Waals surface area (Å²) in [6, 6.07) is -9.11. The Kier molecular flexibility index (Phi) is 27.3. The van der Waals surface area contributed by atoms with Gasteiger partial charge in [0.05, 0.1) is 31.7 Å². The average molecular weight is 985 g/mol. The number of carbonyl (C=O) groups is 11. The highest BCUT2D eigenvalue weighted by Gasteiger charge is 2.42. The second-order valence-electron chi connectivity index (χ2n) is 19.1. The van der Waals surface area contributed by atoms with Crippen molar-refractivity contribution >= 4 is 65.1 Å². The number of nitrogens with one attached hydrogen (secondary N) is 9. The number of carboxylic acids is 2. The van der Waals surface area contributed by atoms with Crippen LogP contribution in [0.3, 0.4) is 0 Å². The van der Waals surface area contributed by atoms with Gasteiger partial charge in [-0.25, -0.2) is 4.79 Å². The van der Waals surface area contributed by atoms with Crippen molar-refractivity contribution in [2.24, 2.45) is 35.3 Å². The van der Waals surface area contributed by atoms with Crippen molar-refractivity contribution in [1.29, 1.82) is 0 Å². The number of hydrogen-bond donors (Lipinski definition) is 13. The lowest BCUT2D eigenvalue weighted by molar-refractivity contribution is -0.144. The third-order valence-corrected chi connectivity index (χ3v) is 11.3. The average Bonchev–Trinajstić information content (AvgIpc) is 3.24. The van der Waals surface area contributed by atoms with Crippen LogP contribution >= 0.6 is 0 Å². The second kappa shape index (κ2) is 29.9. The van der Waals surface area contributed by atoms with Crippen LogP contribution in [0.2, 0.25) is 0 Å². The zero-order valence-electron chi connectivity index (χ0n) is 42.4. The number of aliphatic carboxylic acids is 2. The standard InChI is InChI=1S/C45H80N10O14/c1-14-24(9)34(51-30(57)19-47-37(61)26(11)49-39(63)29(16-21(3)4)50-38(62)28(46)17-32(59)60)40(64)48-20-31(58)52-35(25(10)15-2)42(66)55-45(13,18-22(5)6)44(69)54-36(27(12)56)41(65)53-33(23(7)8)43(67)68/h21-29,33-36,56H,14-20,46H2,1-13H3,(H,47,61)(H,48,64)(H,49,63)(H,50,62)(H,51,57)(H,52,58)(H,53,65)(H,54,69)(H,55,66)(H,59,60)(H,67,68)/t24-,25-,26-,27+,28+,29-,33-,34-,35-,36-,45+/m0/s1. The number of carbonyl (C=O) groups excluding carboxylic acids is 9. The van der Waals surface area contributed by atoms with Gasteiger partial charge in [-0.1, -0.05) is 82.1 Å². The minimum absolute atomic E-state index is 0.0379. The number of aliphatic hydroxyl groups is 1. The molecule has 11 atom stereocenters. The lowest BCUT2D eigenvalue weighted by atomic mass is 9.88.